The second kappa shape index (κ2) is 7.53. The quantitative estimate of drug-likeness (QED) is 0.501. The number of ether oxygens (including phenoxy) is 2. The van der Waals surface area contributed by atoms with E-state index in [1.807, 2.05) is 31.2 Å². The first-order valence-electron chi connectivity index (χ1n) is 8.33. The monoisotopic (exact) mass is 355 g/mol. The fraction of sp³-hybridized carbons (Fsp3) is 0.316. The molecule has 136 valence electrons. The Balaban J connectivity index is 2.18. The van der Waals surface area contributed by atoms with Gasteiger partial charge >= 0.3 is 5.97 Å². The number of carbonyl (C=O) groups is 1. The number of para-hydroxylation sites is 1. The van der Waals surface area contributed by atoms with E-state index in [-0.39, 0.29) is 11.1 Å². The third-order valence-electron chi connectivity index (χ3n) is 4.24. The van der Waals surface area contributed by atoms with Gasteiger partial charge in [0.15, 0.2) is 0 Å². The highest BCUT2D eigenvalue weighted by Crippen LogP contribution is 2.23. The molecular formula is C19H21N3O4. The van der Waals surface area contributed by atoms with Crippen molar-refractivity contribution in [2.75, 3.05) is 20.8 Å². The van der Waals surface area contributed by atoms with Gasteiger partial charge < -0.3 is 14.0 Å². The topological polar surface area (TPSA) is 75.3 Å². The van der Waals surface area contributed by atoms with Gasteiger partial charge in [-0.1, -0.05) is 18.2 Å². The van der Waals surface area contributed by atoms with E-state index >= 15 is 0 Å². The largest absolute Gasteiger partial charge is 0.465 e. The minimum absolute atomic E-state index is 0.263. The van der Waals surface area contributed by atoms with Crippen LogP contribution in [0.1, 0.15) is 22.3 Å². The van der Waals surface area contributed by atoms with Crippen LogP contribution in [0, 0.1) is 6.92 Å². The molecule has 0 saturated heterocycles. The summed E-state index contributed by atoms with van der Waals surface area (Å²) in [6.45, 7) is 3.11. The van der Waals surface area contributed by atoms with Crippen LogP contribution in [-0.2, 0) is 16.0 Å². The third kappa shape index (κ3) is 3.25. The molecule has 0 saturated carbocycles. The molecule has 0 bridgehead atoms. The Morgan fingerprint density at radius 3 is 2.65 bits per heavy atom. The molecule has 26 heavy (non-hydrogen) atoms. The van der Waals surface area contributed by atoms with Gasteiger partial charge in [-0.2, -0.15) is 9.78 Å². The predicted molar refractivity (Wildman–Crippen MR) is 97.0 cm³/mol. The second-order valence-electron chi connectivity index (χ2n) is 6.01. The van der Waals surface area contributed by atoms with Gasteiger partial charge in [0.25, 0.3) is 5.56 Å². The first-order valence-corrected chi connectivity index (χ1v) is 8.33. The highest BCUT2D eigenvalue weighted by Gasteiger charge is 2.25. The number of aryl methyl sites for hydroxylation is 2. The van der Waals surface area contributed by atoms with Gasteiger partial charge in [0, 0.05) is 32.7 Å². The summed E-state index contributed by atoms with van der Waals surface area (Å²) in [6, 6.07) is 7.48. The van der Waals surface area contributed by atoms with E-state index in [2.05, 4.69) is 5.10 Å². The maximum atomic E-state index is 12.9. The number of pyridine rings is 1. The predicted octanol–water partition coefficient (Wildman–Crippen LogP) is 2.27. The van der Waals surface area contributed by atoms with E-state index in [1.54, 1.807) is 24.1 Å². The van der Waals surface area contributed by atoms with Gasteiger partial charge in [0.05, 0.1) is 18.4 Å². The smallest absolute Gasteiger partial charge is 0.341 e. The molecule has 0 atom stereocenters. The van der Waals surface area contributed by atoms with Crippen LogP contribution in [0.25, 0.3) is 16.9 Å². The van der Waals surface area contributed by atoms with E-state index in [0.29, 0.717) is 30.1 Å². The number of esters is 1. The lowest BCUT2D eigenvalue weighted by molar-refractivity contribution is 0.0600. The molecule has 3 rings (SSSR count). The first-order chi connectivity index (χ1) is 12.6. The lowest BCUT2D eigenvalue weighted by Crippen LogP contribution is -2.16. The molecule has 0 fully saturated rings. The Kier molecular flexibility index (Phi) is 5.18. The van der Waals surface area contributed by atoms with E-state index in [1.165, 1.54) is 11.8 Å². The van der Waals surface area contributed by atoms with Crippen molar-refractivity contribution in [2.24, 2.45) is 0 Å². The Bertz CT molecular complexity index is 958. The Hall–Kier alpha value is -2.93. The molecule has 7 heteroatoms. The number of aromatic nitrogens is 3. The van der Waals surface area contributed by atoms with Crippen molar-refractivity contribution in [1.29, 1.82) is 0 Å². The molecule has 7 nitrogen and oxygen atoms in total. The molecule has 0 N–H and O–H groups in total. The molecule has 0 radical (unpaired) electrons. The summed E-state index contributed by atoms with van der Waals surface area (Å²) < 4.78 is 13.1. The minimum atomic E-state index is -0.523. The average Bonchev–Trinajstić information content (AvgIpc) is 2.98. The van der Waals surface area contributed by atoms with E-state index in [0.717, 1.165) is 12.0 Å². The second-order valence-corrected chi connectivity index (χ2v) is 6.01. The zero-order valence-electron chi connectivity index (χ0n) is 15.1. The van der Waals surface area contributed by atoms with Crippen LogP contribution in [0.15, 0.2) is 41.5 Å². The van der Waals surface area contributed by atoms with Gasteiger partial charge in [-0.3, -0.25) is 4.79 Å². The summed E-state index contributed by atoms with van der Waals surface area (Å²) >= 11 is 0. The van der Waals surface area contributed by atoms with E-state index in [4.69, 9.17) is 9.47 Å². The summed E-state index contributed by atoms with van der Waals surface area (Å²) in [5, 5.41) is 4.42. The van der Waals surface area contributed by atoms with Crippen molar-refractivity contribution in [2.45, 2.75) is 19.9 Å². The number of carbonyl (C=O) groups excluding carboxylic acids is 1. The molecule has 1 aromatic carbocycles. The summed E-state index contributed by atoms with van der Waals surface area (Å²) in [5.41, 5.74) is 2.34. The number of hydrogen-bond acceptors (Lipinski definition) is 5. The fourth-order valence-corrected chi connectivity index (χ4v) is 2.90. The first kappa shape index (κ1) is 17.9. The Labute approximate surface area is 151 Å². The van der Waals surface area contributed by atoms with Crippen molar-refractivity contribution >= 4 is 5.97 Å². The highest BCUT2D eigenvalue weighted by molar-refractivity contribution is 5.96. The molecule has 0 spiro atoms. The van der Waals surface area contributed by atoms with Crippen molar-refractivity contribution in [3.63, 3.8) is 0 Å². The van der Waals surface area contributed by atoms with Gasteiger partial charge in [-0.25, -0.2) is 4.79 Å². The third-order valence-corrected chi connectivity index (χ3v) is 4.24. The average molecular weight is 355 g/mol. The van der Waals surface area contributed by atoms with Crippen molar-refractivity contribution in [3.8, 4) is 16.9 Å². The number of fused-ring (bicyclic) bond motifs is 1. The molecular weight excluding hydrogens is 334 g/mol. The molecule has 2 heterocycles. The lowest BCUT2D eigenvalue weighted by Gasteiger charge is -2.11. The summed E-state index contributed by atoms with van der Waals surface area (Å²) in [7, 11) is 2.95. The fourth-order valence-electron chi connectivity index (χ4n) is 2.90. The van der Waals surface area contributed by atoms with Crippen LogP contribution in [0.3, 0.4) is 0 Å². The van der Waals surface area contributed by atoms with Crippen LogP contribution < -0.4 is 5.56 Å². The molecule has 0 aromatic heterocycles. The van der Waals surface area contributed by atoms with Crippen LogP contribution >= 0.6 is 0 Å². The van der Waals surface area contributed by atoms with E-state index < -0.39 is 5.97 Å². The summed E-state index contributed by atoms with van der Waals surface area (Å²) in [5.74, 6) is -0.523. The SMILES string of the molecule is COCCCn1cc(C(=O)OC)c2nn(-c3ccccc3C)c(=O)c-2c1. The molecule has 0 amide bonds. The van der Waals surface area contributed by atoms with Crippen LogP contribution in [0.2, 0.25) is 0 Å². The maximum absolute atomic E-state index is 12.9. The number of benzene rings is 1. The van der Waals surface area contributed by atoms with Crippen LogP contribution in [-0.4, -0.2) is 41.1 Å². The molecule has 0 aliphatic carbocycles. The number of nitrogens with zero attached hydrogens (tertiary/aromatic N) is 3. The number of rotatable bonds is 6. The van der Waals surface area contributed by atoms with Gasteiger partial charge in [0.2, 0.25) is 0 Å². The van der Waals surface area contributed by atoms with Gasteiger partial charge in [0.1, 0.15) is 11.3 Å². The standard InChI is InChI=1S/C19H21N3O4/c1-13-7-4-5-8-16(13)22-18(23)14-11-21(9-6-10-25-2)12-15(17(14)20-22)19(24)26-3/h4-5,7-8,11-12H,6,9-10H2,1-3H3. The summed E-state index contributed by atoms with van der Waals surface area (Å²) in [6.07, 6.45) is 4.15. The normalized spacial score (nSPS) is 11.0. The lowest BCUT2D eigenvalue weighted by atomic mass is 10.1. The van der Waals surface area contributed by atoms with Crippen LogP contribution in [0.5, 0.6) is 0 Å². The Morgan fingerprint density at radius 1 is 1.19 bits per heavy atom. The number of hydrogen-bond donors (Lipinski definition) is 0. The maximum Gasteiger partial charge on any atom is 0.341 e. The van der Waals surface area contributed by atoms with Gasteiger partial charge in [-0.15, -0.1) is 0 Å². The zero-order valence-corrected chi connectivity index (χ0v) is 15.1. The molecule has 2 aliphatic rings. The molecule has 1 aromatic rings. The Morgan fingerprint density at radius 2 is 1.96 bits per heavy atom. The molecule has 0 unspecified atom stereocenters. The van der Waals surface area contributed by atoms with Crippen molar-refractivity contribution in [1.82, 2.24) is 14.3 Å². The number of methoxy groups -OCH3 is 2. The molecule has 2 aliphatic heterocycles. The van der Waals surface area contributed by atoms with Crippen molar-refractivity contribution < 1.29 is 14.3 Å². The van der Waals surface area contributed by atoms with Crippen LogP contribution in [0.4, 0.5) is 0 Å². The zero-order chi connectivity index (χ0) is 18.7. The van der Waals surface area contributed by atoms with Crippen molar-refractivity contribution in [3.05, 3.63) is 58.1 Å². The van der Waals surface area contributed by atoms with Gasteiger partial charge in [-0.05, 0) is 25.0 Å². The highest BCUT2D eigenvalue weighted by atomic mass is 16.5. The van der Waals surface area contributed by atoms with E-state index in [9.17, 15) is 9.59 Å². The summed E-state index contributed by atoms with van der Waals surface area (Å²) in [4.78, 5) is 25.2. The minimum Gasteiger partial charge on any atom is -0.465 e.